The number of hydrogen-bond donors (Lipinski definition) is 0. The summed E-state index contributed by atoms with van der Waals surface area (Å²) < 4.78 is 16.1. The predicted molar refractivity (Wildman–Crippen MR) is 87.2 cm³/mol. The molecule has 0 aliphatic rings. The van der Waals surface area contributed by atoms with Crippen molar-refractivity contribution in [1.82, 2.24) is 4.98 Å². The molecule has 0 atom stereocenters. The third-order valence-electron chi connectivity index (χ3n) is 3.19. The molecule has 0 aliphatic heterocycles. The monoisotopic (exact) mass is 329 g/mol. The molecule has 0 bridgehead atoms. The number of hydrogen-bond acceptors (Lipinski definition) is 6. The zero-order valence-corrected chi connectivity index (χ0v) is 13.8. The molecular formula is C17H15NO4S. The van der Waals surface area contributed by atoms with Gasteiger partial charge >= 0.3 is 5.97 Å². The van der Waals surface area contributed by atoms with Crippen molar-refractivity contribution in [3.8, 4) is 22.3 Å². The fourth-order valence-corrected chi connectivity index (χ4v) is 2.79. The van der Waals surface area contributed by atoms with Gasteiger partial charge < -0.3 is 13.9 Å². The number of carbonyl (C=O) groups excluding carboxylic acids is 1. The molecule has 0 amide bonds. The molecule has 118 valence electrons. The lowest BCUT2D eigenvalue weighted by atomic mass is 10.2. The molecular weight excluding hydrogens is 314 g/mol. The van der Waals surface area contributed by atoms with Crippen LogP contribution in [0, 0.1) is 13.8 Å². The molecule has 2 aromatic heterocycles. The van der Waals surface area contributed by atoms with E-state index in [2.05, 4.69) is 4.98 Å². The molecule has 0 N–H and O–H groups in total. The Labute approximate surface area is 137 Å². The molecule has 0 aliphatic carbocycles. The highest BCUT2D eigenvalue weighted by molar-refractivity contribution is 7.13. The summed E-state index contributed by atoms with van der Waals surface area (Å²) in [7, 11) is 1.53. The summed E-state index contributed by atoms with van der Waals surface area (Å²) in [5.74, 6) is 1.78. The number of rotatable bonds is 4. The Kier molecular flexibility index (Phi) is 4.16. The molecule has 0 saturated heterocycles. The number of benzene rings is 1. The first kappa shape index (κ1) is 15.3. The molecule has 0 unspecified atom stereocenters. The van der Waals surface area contributed by atoms with Crippen LogP contribution >= 0.6 is 11.3 Å². The van der Waals surface area contributed by atoms with Crippen LogP contribution in [0.25, 0.3) is 10.8 Å². The average Bonchev–Trinajstić information content (AvgIpc) is 3.17. The van der Waals surface area contributed by atoms with Gasteiger partial charge in [0.25, 0.3) is 0 Å². The molecule has 3 aromatic rings. The molecule has 0 saturated carbocycles. The molecule has 2 heterocycles. The van der Waals surface area contributed by atoms with E-state index < -0.39 is 5.97 Å². The highest BCUT2D eigenvalue weighted by atomic mass is 32.1. The number of furan rings is 1. The average molecular weight is 329 g/mol. The SMILES string of the molecule is COc1cc(C)ccc1OC(=O)c1csc(-c2ccc(C)o2)n1. The lowest BCUT2D eigenvalue weighted by molar-refractivity contribution is 0.0724. The van der Waals surface area contributed by atoms with E-state index in [1.54, 1.807) is 17.5 Å². The van der Waals surface area contributed by atoms with Crippen LogP contribution in [0.3, 0.4) is 0 Å². The van der Waals surface area contributed by atoms with Gasteiger partial charge in [0, 0.05) is 5.38 Å². The Hall–Kier alpha value is -2.60. The highest BCUT2D eigenvalue weighted by Crippen LogP contribution is 2.30. The summed E-state index contributed by atoms with van der Waals surface area (Å²) in [5, 5.41) is 2.29. The smallest absolute Gasteiger partial charge is 0.363 e. The van der Waals surface area contributed by atoms with Crippen molar-refractivity contribution in [3.05, 3.63) is 52.7 Å². The molecule has 0 spiro atoms. The third kappa shape index (κ3) is 3.27. The third-order valence-corrected chi connectivity index (χ3v) is 4.04. The molecule has 23 heavy (non-hydrogen) atoms. The maximum Gasteiger partial charge on any atom is 0.363 e. The second-order valence-corrected chi connectivity index (χ2v) is 5.85. The summed E-state index contributed by atoms with van der Waals surface area (Å²) in [6.07, 6.45) is 0. The van der Waals surface area contributed by atoms with Crippen LogP contribution in [0.4, 0.5) is 0 Å². The minimum atomic E-state index is -0.530. The predicted octanol–water partition coefficient (Wildman–Crippen LogP) is 4.25. The van der Waals surface area contributed by atoms with E-state index in [-0.39, 0.29) is 5.69 Å². The number of aryl methyl sites for hydroxylation is 2. The van der Waals surface area contributed by atoms with Gasteiger partial charge in [0.15, 0.2) is 28.0 Å². The summed E-state index contributed by atoms with van der Waals surface area (Å²) in [5.41, 5.74) is 1.26. The number of methoxy groups -OCH3 is 1. The number of ether oxygens (including phenoxy) is 2. The van der Waals surface area contributed by atoms with Crippen LogP contribution in [0.15, 0.2) is 40.1 Å². The molecule has 0 fully saturated rings. The van der Waals surface area contributed by atoms with Gasteiger partial charge in [0.1, 0.15) is 5.76 Å². The van der Waals surface area contributed by atoms with E-state index >= 15 is 0 Å². The Morgan fingerprint density at radius 1 is 1.17 bits per heavy atom. The van der Waals surface area contributed by atoms with Gasteiger partial charge in [-0.2, -0.15) is 0 Å². The fraction of sp³-hybridized carbons (Fsp3) is 0.176. The maximum atomic E-state index is 12.3. The van der Waals surface area contributed by atoms with Gasteiger partial charge in [-0.15, -0.1) is 11.3 Å². The molecule has 5 nitrogen and oxygen atoms in total. The van der Waals surface area contributed by atoms with Crippen molar-refractivity contribution in [2.45, 2.75) is 13.8 Å². The first-order valence-corrected chi connectivity index (χ1v) is 7.84. The second-order valence-electron chi connectivity index (χ2n) is 4.99. The van der Waals surface area contributed by atoms with E-state index in [0.717, 1.165) is 11.3 Å². The van der Waals surface area contributed by atoms with E-state index in [4.69, 9.17) is 13.9 Å². The van der Waals surface area contributed by atoms with Crippen molar-refractivity contribution in [1.29, 1.82) is 0 Å². The van der Waals surface area contributed by atoms with E-state index in [9.17, 15) is 4.79 Å². The first-order chi connectivity index (χ1) is 11.1. The van der Waals surface area contributed by atoms with Crippen molar-refractivity contribution in [2.75, 3.05) is 7.11 Å². The summed E-state index contributed by atoms with van der Waals surface area (Å²) in [6, 6.07) is 9.04. The summed E-state index contributed by atoms with van der Waals surface area (Å²) >= 11 is 1.33. The standard InChI is InChI=1S/C17H15NO4S/c1-10-4-6-13(15(8-10)20-3)22-17(19)12-9-23-16(18-12)14-7-5-11(2)21-14/h4-9H,1-3H3. The van der Waals surface area contributed by atoms with E-state index in [1.807, 2.05) is 32.0 Å². The van der Waals surface area contributed by atoms with Gasteiger partial charge in [0.05, 0.1) is 7.11 Å². The Morgan fingerprint density at radius 2 is 2.00 bits per heavy atom. The van der Waals surface area contributed by atoms with Crippen molar-refractivity contribution in [2.24, 2.45) is 0 Å². The Morgan fingerprint density at radius 3 is 2.70 bits per heavy atom. The summed E-state index contributed by atoms with van der Waals surface area (Å²) in [6.45, 7) is 3.79. The Bertz CT molecular complexity index is 850. The second kappa shape index (κ2) is 6.26. The highest BCUT2D eigenvalue weighted by Gasteiger charge is 2.17. The number of nitrogens with zero attached hydrogens (tertiary/aromatic N) is 1. The zero-order valence-electron chi connectivity index (χ0n) is 13.0. The van der Waals surface area contributed by atoms with Crippen LogP contribution in [0.2, 0.25) is 0 Å². The van der Waals surface area contributed by atoms with E-state index in [1.165, 1.54) is 18.4 Å². The van der Waals surface area contributed by atoms with Gasteiger partial charge in [-0.05, 0) is 43.7 Å². The normalized spacial score (nSPS) is 10.6. The van der Waals surface area contributed by atoms with Crippen LogP contribution in [-0.4, -0.2) is 18.1 Å². The fourth-order valence-electron chi connectivity index (χ4n) is 2.04. The summed E-state index contributed by atoms with van der Waals surface area (Å²) in [4.78, 5) is 16.5. The zero-order chi connectivity index (χ0) is 16.4. The minimum absolute atomic E-state index is 0.238. The molecule has 0 radical (unpaired) electrons. The van der Waals surface area contributed by atoms with Crippen LogP contribution < -0.4 is 9.47 Å². The van der Waals surface area contributed by atoms with Gasteiger partial charge in [-0.25, -0.2) is 9.78 Å². The van der Waals surface area contributed by atoms with Crippen molar-refractivity contribution in [3.63, 3.8) is 0 Å². The minimum Gasteiger partial charge on any atom is -0.493 e. The first-order valence-electron chi connectivity index (χ1n) is 6.96. The van der Waals surface area contributed by atoms with Crippen molar-refractivity contribution < 1.29 is 18.7 Å². The number of aromatic nitrogens is 1. The quantitative estimate of drug-likeness (QED) is 0.529. The van der Waals surface area contributed by atoms with Gasteiger partial charge in [0.2, 0.25) is 0 Å². The Balaban J connectivity index is 1.80. The number of esters is 1. The maximum absolute atomic E-state index is 12.3. The van der Waals surface area contributed by atoms with Gasteiger partial charge in [-0.3, -0.25) is 0 Å². The molecule has 3 rings (SSSR count). The van der Waals surface area contributed by atoms with Gasteiger partial charge in [-0.1, -0.05) is 6.07 Å². The largest absolute Gasteiger partial charge is 0.493 e. The van der Waals surface area contributed by atoms with E-state index in [0.29, 0.717) is 22.3 Å². The van der Waals surface area contributed by atoms with Crippen LogP contribution in [-0.2, 0) is 0 Å². The van der Waals surface area contributed by atoms with Crippen LogP contribution in [0.5, 0.6) is 11.5 Å². The number of carbonyl (C=O) groups is 1. The molecule has 6 heteroatoms. The topological polar surface area (TPSA) is 61.6 Å². The molecule has 1 aromatic carbocycles. The van der Waals surface area contributed by atoms with Crippen molar-refractivity contribution >= 4 is 17.3 Å². The lowest BCUT2D eigenvalue weighted by Gasteiger charge is -2.08. The number of thiazole rings is 1. The lowest BCUT2D eigenvalue weighted by Crippen LogP contribution is -2.09. The van der Waals surface area contributed by atoms with Crippen LogP contribution in [0.1, 0.15) is 21.8 Å².